The predicted molar refractivity (Wildman–Crippen MR) is 130 cm³/mol. The Hall–Kier alpha value is -3.77. The molecule has 6 nitrogen and oxygen atoms in total. The highest BCUT2D eigenvalue weighted by atomic mass is 35.5. The summed E-state index contributed by atoms with van der Waals surface area (Å²) in [5.74, 6) is 0.445. The zero-order chi connectivity index (χ0) is 23.5. The molecule has 0 atom stereocenters. The fourth-order valence-corrected chi connectivity index (χ4v) is 3.59. The Morgan fingerprint density at radius 1 is 1.03 bits per heavy atom. The van der Waals surface area contributed by atoms with Crippen LogP contribution >= 0.6 is 11.6 Å². The first-order valence-electron chi connectivity index (χ1n) is 10.3. The van der Waals surface area contributed by atoms with E-state index in [1.807, 2.05) is 19.9 Å². The molecule has 0 spiro atoms. The summed E-state index contributed by atoms with van der Waals surface area (Å²) >= 11 is 5.97. The lowest BCUT2D eigenvalue weighted by Crippen LogP contribution is -2.22. The number of fused-ring (bicyclic) bond motifs is 1. The molecule has 0 saturated heterocycles. The van der Waals surface area contributed by atoms with Crippen LogP contribution in [0.5, 0.6) is 11.5 Å². The van der Waals surface area contributed by atoms with E-state index in [4.69, 9.17) is 25.5 Å². The molecular weight excluding hydrogens is 442 g/mol. The van der Waals surface area contributed by atoms with E-state index in [0.29, 0.717) is 33.0 Å². The molecular formula is C26H22ClNO5. The molecule has 1 N–H and O–H groups in total. The first-order chi connectivity index (χ1) is 15.9. The number of ether oxygens (including phenoxy) is 2. The van der Waals surface area contributed by atoms with Gasteiger partial charge in [0.15, 0.2) is 12.4 Å². The Kier molecular flexibility index (Phi) is 6.38. The smallest absolute Gasteiger partial charge is 0.262 e. The number of carbonyl (C=O) groups is 1. The van der Waals surface area contributed by atoms with E-state index in [1.165, 1.54) is 0 Å². The van der Waals surface area contributed by atoms with Gasteiger partial charge in [-0.05, 0) is 79.6 Å². The van der Waals surface area contributed by atoms with Crippen LogP contribution < -0.4 is 20.2 Å². The third kappa shape index (κ3) is 4.86. The summed E-state index contributed by atoms with van der Waals surface area (Å²) < 4.78 is 17.1. The molecule has 33 heavy (non-hydrogen) atoms. The van der Waals surface area contributed by atoms with Crippen molar-refractivity contribution in [2.24, 2.45) is 0 Å². The number of amides is 1. The van der Waals surface area contributed by atoms with Crippen LogP contribution in [0.15, 0.2) is 69.9 Å². The molecule has 0 fully saturated rings. The highest BCUT2D eigenvalue weighted by Gasteiger charge is 2.20. The van der Waals surface area contributed by atoms with Crippen LogP contribution in [0.25, 0.3) is 22.3 Å². The number of rotatable bonds is 6. The van der Waals surface area contributed by atoms with Gasteiger partial charge in [0, 0.05) is 16.3 Å². The van der Waals surface area contributed by atoms with Crippen molar-refractivity contribution >= 4 is 34.2 Å². The monoisotopic (exact) mass is 463 g/mol. The van der Waals surface area contributed by atoms with Crippen molar-refractivity contribution in [3.05, 3.63) is 87.0 Å². The number of anilines is 1. The van der Waals surface area contributed by atoms with Crippen molar-refractivity contribution in [3.63, 3.8) is 0 Å². The molecule has 168 valence electrons. The Bertz CT molecular complexity index is 1390. The number of methoxy groups -OCH3 is 1. The molecule has 0 aliphatic carbocycles. The average molecular weight is 464 g/mol. The Labute approximate surface area is 195 Å². The summed E-state index contributed by atoms with van der Waals surface area (Å²) in [5, 5.41) is 3.59. The minimum atomic E-state index is -0.433. The maximum absolute atomic E-state index is 13.4. The molecule has 1 aromatic heterocycles. The molecule has 0 saturated carbocycles. The minimum absolute atomic E-state index is 0.0304. The Balaban J connectivity index is 1.72. The van der Waals surface area contributed by atoms with Crippen molar-refractivity contribution in [3.8, 4) is 22.8 Å². The SMILES string of the molecule is COc1ccc(-c2oc3cc(C)c(C)cc3c(=O)c2OCC(=O)Nc2cccc(Cl)c2)cc1. The van der Waals surface area contributed by atoms with Crippen LogP contribution in [-0.4, -0.2) is 19.6 Å². The fraction of sp³-hybridized carbons (Fsp3) is 0.154. The molecule has 0 aliphatic heterocycles. The molecule has 0 aliphatic rings. The van der Waals surface area contributed by atoms with Gasteiger partial charge in [-0.3, -0.25) is 9.59 Å². The predicted octanol–water partition coefficient (Wildman–Crippen LogP) is 5.76. The Morgan fingerprint density at radius 3 is 2.45 bits per heavy atom. The highest BCUT2D eigenvalue weighted by Crippen LogP contribution is 2.33. The molecule has 1 amide bonds. The quantitative estimate of drug-likeness (QED) is 0.393. The van der Waals surface area contributed by atoms with Crippen LogP contribution in [0.4, 0.5) is 5.69 Å². The van der Waals surface area contributed by atoms with E-state index in [1.54, 1.807) is 61.7 Å². The van der Waals surface area contributed by atoms with Crippen molar-refractivity contribution in [1.82, 2.24) is 0 Å². The van der Waals surface area contributed by atoms with Crippen LogP contribution in [0.1, 0.15) is 11.1 Å². The summed E-state index contributed by atoms with van der Waals surface area (Å²) in [7, 11) is 1.57. The molecule has 0 bridgehead atoms. The normalized spacial score (nSPS) is 10.8. The lowest BCUT2D eigenvalue weighted by atomic mass is 10.0. The topological polar surface area (TPSA) is 77.8 Å². The molecule has 7 heteroatoms. The number of hydrogen-bond donors (Lipinski definition) is 1. The van der Waals surface area contributed by atoms with E-state index in [-0.39, 0.29) is 23.5 Å². The van der Waals surface area contributed by atoms with Gasteiger partial charge in [-0.1, -0.05) is 17.7 Å². The van der Waals surface area contributed by atoms with E-state index < -0.39 is 5.91 Å². The highest BCUT2D eigenvalue weighted by molar-refractivity contribution is 6.30. The summed E-state index contributed by atoms with van der Waals surface area (Å²) in [4.78, 5) is 25.8. The zero-order valence-electron chi connectivity index (χ0n) is 18.4. The largest absolute Gasteiger partial charge is 0.497 e. The number of hydrogen-bond acceptors (Lipinski definition) is 5. The molecule has 4 rings (SSSR count). The minimum Gasteiger partial charge on any atom is -0.497 e. The van der Waals surface area contributed by atoms with Gasteiger partial charge in [-0.2, -0.15) is 0 Å². The fourth-order valence-electron chi connectivity index (χ4n) is 3.40. The number of benzene rings is 3. The summed E-state index contributed by atoms with van der Waals surface area (Å²) in [6, 6.07) is 17.4. The van der Waals surface area contributed by atoms with Crippen molar-refractivity contribution < 1.29 is 18.7 Å². The van der Waals surface area contributed by atoms with Gasteiger partial charge in [0.05, 0.1) is 12.5 Å². The molecule has 3 aromatic carbocycles. The number of aryl methyl sites for hydroxylation is 2. The van der Waals surface area contributed by atoms with Gasteiger partial charge < -0.3 is 19.2 Å². The van der Waals surface area contributed by atoms with Crippen LogP contribution in [0, 0.1) is 13.8 Å². The van der Waals surface area contributed by atoms with Gasteiger partial charge >= 0.3 is 0 Å². The molecule has 0 unspecified atom stereocenters. The van der Waals surface area contributed by atoms with Gasteiger partial charge in [-0.25, -0.2) is 0 Å². The lowest BCUT2D eigenvalue weighted by molar-refractivity contribution is -0.118. The van der Waals surface area contributed by atoms with Crippen LogP contribution in [-0.2, 0) is 4.79 Å². The van der Waals surface area contributed by atoms with E-state index in [9.17, 15) is 9.59 Å². The van der Waals surface area contributed by atoms with E-state index >= 15 is 0 Å². The summed E-state index contributed by atoms with van der Waals surface area (Å²) in [5.41, 5.74) is 3.21. The second-order valence-electron chi connectivity index (χ2n) is 7.60. The van der Waals surface area contributed by atoms with Crippen molar-refractivity contribution in [2.75, 3.05) is 19.0 Å². The first kappa shape index (κ1) is 22.4. The van der Waals surface area contributed by atoms with E-state index in [0.717, 1.165) is 11.1 Å². The number of nitrogens with one attached hydrogen (secondary N) is 1. The van der Waals surface area contributed by atoms with Gasteiger partial charge in [0.25, 0.3) is 5.91 Å². The standard InChI is InChI=1S/C26H22ClNO5/c1-15-11-21-22(12-16(15)2)33-25(17-7-9-20(31-3)10-8-17)26(24(21)30)32-14-23(29)28-19-6-4-5-18(27)13-19/h4-13H,14H2,1-3H3,(H,28,29). The summed E-state index contributed by atoms with van der Waals surface area (Å²) in [6.07, 6.45) is 0. The lowest BCUT2D eigenvalue weighted by Gasteiger charge is -2.13. The summed E-state index contributed by atoms with van der Waals surface area (Å²) in [6.45, 7) is 3.49. The average Bonchev–Trinajstić information content (AvgIpc) is 2.80. The molecule has 1 heterocycles. The zero-order valence-corrected chi connectivity index (χ0v) is 19.2. The maximum atomic E-state index is 13.4. The maximum Gasteiger partial charge on any atom is 0.262 e. The third-order valence-corrected chi connectivity index (χ3v) is 5.51. The van der Waals surface area contributed by atoms with Crippen LogP contribution in [0.3, 0.4) is 0 Å². The molecule has 0 radical (unpaired) electrons. The second-order valence-corrected chi connectivity index (χ2v) is 8.03. The Morgan fingerprint density at radius 2 is 1.76 bits per heavy atom. The number of carbonyl (C=O) groups excluding carboxylic acids is 1. The first-order valence-corrected chi connectivity index (χ1v) is 10.6. The third-order valence-electron chi connectivity index (χ3n) is 5.27. The second kappa shape index (κ2) is 9.38. The number of halogens is 1. The van der Waals surface area contributed by atoms with Gasteiger partial charge in [0.1, 0.15) is 11.3 Å². The van der Waals surface area contributed by atoms with Gasteiger partial charge in [-0.15, -0.1) is 0 Å². The van der Waals surface area contributed by atoms with Crippen LogP contribution in [0.2, 0.25) is 5.02 Å². The van der Waals surface area contributed by atoms with Crippen molar-refractivity contribution in [1.29, 1.82) is 0 Å². The molecule has 4 aromatic rings. The van der Waals surface area contributed by atoms with Crippen molar-refractivity contribution in [2.45, 2.75) is 13.8 Å². The van der Waals surface area contributed by atoms with E-state index in [2.05, 4.69) is 5.32 Å². The van der Waals surface area contributed by atoms with Gasteiger partial charge in [0.2, 0.25) is 11.2 Å².